The van der Waals surface area contributed by atoms with Gasteiger partial charge in [0.05, 0.1) is 6.85 Å². The van der Waals surface area contributed by atoms with E-state index in [1.165, 1.54) is 16.2 Å². The summed E-state index contributed by atoms with van der Waals surface area (Å²) in [6.45, 7) is 0. The number of benzene rings is 8. The summed E-state index contributed by atoms with van der Waals surface area (Å²) in [5.74, 6) is 0. The van der Waals surface area contributed by atoms with E-state index in [0.717, 1.165) is 54.4 Å². The van der Waals surface area contributed by atoms with Crippen molar-refractivity contribution in [2.45, 2.75) is 0 Å². The summed E-state index contributed by atoms with van der Waals surface area (Å²) in [5.41, 5.74) is 4.28. The van der Waals surface area contributed by atoms with Gasteiger partial charge in [-0.1, -0.05) is 127 Å². The summed E-state index contributed by atoms with van der Waals surface area (Å²) in [7, 11) is 0. The quantitative estimate of drug-likeness (QED) is 0.162. The molecule has 0 N–H and O–H groups in total. The Morgan fingerprint density at radius 2 is 1.20 bits per heavy atom. The highest BCUT2D eigenvalue weighted by Crippen LogP contribution is 2.46. The molecular formula is C40H24O. The van der Waals surface area contributed by atoms with E-state index in [0.29, 0.717) is 11.1 Å². The van der Waals surface area contributed by atoms with Crippen LogP contribution in [0.25, 0.3) is 87.3 Å². The smallest absolute Gasteiger partial charge is 0.143 e. The molecule has 1 heteroatoms. The van der Waals surface area contributed by atoms with Gasteiger partial charge < -0.3 is 4.42 Å². The fourth-order valence-corrected chi connectivity index (χ4v) is 6.56. The summed E-state index contributed by atoms with van der Waals surface area (Å²) >= 11 is 0. The Bertz CT molecular complexity index is 2730. The van der Waals surface area contributed by atoms with Crippen molar-refractivity contribution in [2.75, 3.05) is 0 Å². The molecule has 1 aromatic heterocycles. The zero-order chi connectivity index (χ0) is 31.3. The Labute approximate surface area is 243 Å². The predicted octanol–water partition coefficient (Wildman–Crippen LogP) is 11.5. The molecule has 0 aliphatic heterocycles. The molecule has 0 atom stereocenters. The highest BCUT2D eigenvalue weighted by Gasteiger charge is 2.20. The lowest BCUT2D eigenvalue weighted by Crippen LogP contribution is -1.88. The van der Waals surface area contributed by atoms with Crippen LogP contribution in [-0.4, -0.2) is 0 Å². The fourth-order valence-electron chi connectivity index (χ4n) is 6.56. The minimum absolute atomic E-state index is 0.179. The summed E-state index contributed by atoms with van der Waals surface area (Å²) in [5, 5.41) is 10.2. The van der Waals surface area contributed by atoms with Gasteiger partial charge in [0.2, 0.25) is 0 Å². The third-order valence-corrected chi connectivity index (χ3v) is 8.31. The van der Waals surface area contributed by atoms with Gasteiger partial charge in [-0.2, -0.15) is 0 Å². The molecule has 0 radical (unpaired) electrons. The number of hydrogen-bond acceptors (Lipinski definition) is 1. The highest BCUT2D eigenvalue weighted by molar-refractivity contribution is 6.27. The van der Waals surface area contributed by atoms with Crippen molar-refractivity contribution >= 4 is 65.0 Å². The molecular weight excluding hydrogens is 496 g/mol. The van der Waals surface area contributed by atoms with Crippen molar-refractivity contribution in [2.24, 2.45) is 0 Å². The van der Waals surface area contributed by atoms with Crippen LogP contribution in [0.2, 0.25) is 0 Å². The van der Waals surface area contributed by atoms with Crippen LogP contribution in [0.1, 0.15) is 6.85 Å². The first-order valence-corrected chi connectivity index (χ1v) is 13.7. The Morgan fingerprint density at radius 3 is 2.05 bits per heavy atom. The lowest BCUT2D eigenvalue weighted by atomic mass is 9.87. The summed E-state index contributed by atoms with van der Waals surface area (Å²) in [6.07, 6.45) is 0. The SMILES string of the molecule is [2H]c1c([2H])c([2H])c(-c2cc3c(oc4cccc(-c5c6ccccc6cc6c5ccc5ccccc56)c43)c3ccccc23)c([2H])c1[2H]. The van der Waals surface area contributed by atoms with Gasteiger partial charge in [-0.15, -0.1) is 0 Å². The first-order valence-electron chi connectivity index (χ1n) is 16.2. The monoisotopic (exact) mass is 525 g/mol. The van der Waals surface area contributed by atoms with Crippen LogP contribution in [0.5, 0.6) is 0 Å². The molecule has 0 aliphatic carbocycles. The van der Waals surface area contributed by atoms with E-state index in [2.05, 4.69) is 72.8 Å². The second-order valence-corrected chi connectivity index (χ2v) is 10.5. The van der Waals surface area contributed by atoms with E-state index in [-0.39, 0.29) is 29.7 Å². The summed E-state index contributed by atoms with van der Waals surface area (Å²) in [4.78, 5) is 0. The normalized spacial score (nSPS) is 13.6. The Morgan fingerprint density at radius 1 is 0.463 bits per heavy atom. The zero-order valence-electron chi connectivity index (χ0n) is 26.9. The van der Waals surface area contributed by atoms with Crippen LogP contribution in [0.3, 0.4) is 0 Å². The van der Waals surface area contributed by atoms with Gasteiger partial charge in [0, 0.05) is 16.2 Å². The van der Waals surface area contributed by atoms with Crippen molar-refractivity contribution in [3.05, 3.63) is 145 Å². The van der Waals surface area contributed by atoms with Crippen molar-refractivity contribution in [1.29, 1.82) is 0 Å². The van der Waals surface area contributed by atoms with Crippen LogP contribution < -0.4 is 0 Å². The molecule has 41 heavy (non-hydrogen) atoms. The average molecular weight is 526 g/mol. The molecule has 0 unspecified atom stereocenters. The van der Waals surface area contributed by atoms with Crippen LogP contribution >= 0.6 is 0 Å². The molecule has 9 rings (SSSR count). The van der Waals surface area contributed by atoms with E-state index in [9.17, 15) is 0 Å². The molecule has 1 nitrogen and oxygen atoms in total. The molecule has 0 amide bonds. The first-order chi connectivity index (χ1) is 22.4. The average Bonchev–Trinajstić information content (AvgIpc) is 3.48. The highest BCUT2D eigenvalue weighted by atomic mass is 16.3. The maximum Gasteiger partial charge on any atom is 0.143 e. The van der Waals surface area contributed by atoms with Gasteiger partial charge in [0.15, 0.2) is 0 Å². The van der Waals surface area contributed by atoms with E-state index in [4.69, 9.17) is 11.3 Å². The number of fused-ring (bicyclic) bond motifs is 9. The molecule has 0 aliphatic rings. The summed E-state index contributed by atoms with van der Waals surface area (Å²) in [6, 6.07) is 37.8. The van der Waals surface area contributed by atoms with Crippen molar-refractivity contribution in [1.82, 2.24) is 0 Å². The van der Waals surface area contributed by atoms with Gasteiger partial charge in [0.1, 0.15) is 11.2 Å². The van der Waals surface area contributed by atoms with Gasteiger partial charge in [-0.25, -0.2) is 0 Å². The van der Waals surface area contributed by atoms with Crippen molar-refractivity contribution in [3.8, 4) is 22.3 Å². The number of hydrogen-bond donors (Lipinski definition) is 0. The standard InChI is InChI=1S/C40H24O/c1-2-11-25(12-3-1)34-24-36-39-33(19-10-20-37(39)41-40(36)32-18-9-8-17-30(32)34)38-29-16-7-5-14-27(29)23-35-28-15-6-4-13-26(28)21-22-31(35)38/h1-24H/i1D,2D,3D,11D,12D. The lowest BCUT2D eigenvalue weighted by molar-refractivity contribution is 0.673. The van der Waals surface area contributed by atoms with E-state index in [1.807, 2.05) is 42.5 Å². The molecule has 0 bridgehead atoms. The molecule has 0 spiro atoms. The largest absolute Gasteiger partial charge is 0.455 e. The van der Waals surface area contributed by atoms with Gasteiger partial charge in [0.25, 0.3) is 0 Å². The Hall–Kier alpha value is -5.40. The fraction of sp³-hybridized carbons (Fsp3) is 0. The molecule has 1 heterocycles. The molecule has 0 saturated carbocycles. The van der Waals surface area contributed by atoms with Gasteiger partial charge in [-0.05, 0) is 78.2 Å². The second-order valence-electron chi connectivity index (χ2n) is 10.5. The molecule has 8 aromatic carbocycles. The third kappa shape index (κ3) is 3.24. The van der Waals surface area contributed by atoms with E-state index in [1.54, 1.807) is 0 Å². The third-order valence-electron chi connectivity index (χ3n) is 8.31. The number of rotatable bonds is 2. The topological polar surface area (TPSA) is 13.1 Å². The molecule has 9 aromatic rings. The van der Waals surface area contributed by atoms with Crippen LogP contribution in [0.4, 0.5) is 0 Å². The van der Waals surface area contributed by atoms with Crippen molar-refractivity contribution in [3.63, 3.8) is 0 Å². The Kier molecular flexibility index (Phi) is 3.76. The Balaban J connectivity index is 1.48. The van der Waals surface area contributed by atoms with Crippen molar-refractivity contribution < 1.29 is 11.3 Å². The molecule has 0 saturated heterocycles. The maximum absolute atomic E-state index is 8.81. The lowest BCUT2D eigenvalue weighted by Gasteiger charge is -2.15. The minimum Gasteiger partial charge on any atom is -0.455 e. The zero-order valence-corrected chi connectivity index (χ0v) is 21.9. The summed E-state index contributed by atoms with van der Waals surface area (Å²) < 4.78 is 49.2. The van der Waals surface area contributed by atoms with E-state index < -0.39 is 6.04 Å². The molecule has 190 valence electrons. The maximum atomic E-state index is 8.81. The number of furan rings is 1. The van der Waals surface area contributed by atoms with Crippen LogP contribution in [-0.2, 0) is 0 Å². The predicted molar refractivity (Wildman–Crippen MR) is 175 cm³/mol. The van der Waals surface area contributed by atoms with Gasteiger partial charge in [-0.3, -0.25) is 0 Å². The second kappa shape index (κ2) is 8.55. The van der Waals surface area contributed by atoms with Crippen LogP contribution in [0, 0.1) is 0 Å². The van der Waals surface area contributed by atoms with E-state index >= 15 is 0 Å². The van der Waals surface area contributed by atoms with Gasteiger partial charge >= 0.3 is 0 Å². The first kappa shape index (κ1) is 18.0. The van der Waals surface area contributed by atoms with Crippen LogP contribution in [0.15, 0.2) is 150 Å². The minimum atomic E-state index is -0.407. The molecule has 0 fully saturated rings.